The molecule has 2 fully saturated rings. The topological polar surface area (TPSA) is 64.0 Å². The lowest BCUT2D eigenvalue weighted by atomic mass is 10.0. The molecule has 16 heavy (non-hydrogen) atoms. The van der Waals surface area contributed by atoms with Crippen LogP contribution in [0, 0.1) is 0 Å². The van der Waals surface area contributed by atoms with Gasteiger partial charge in [-0.05, 0) is 32.2 Å². The van der Waals surface area contributed by atoms with Crippen LogP contribution < -0.4 is 0 Å². The molecule has 0 spiro atoms. The highest BCUT2D eigenvalue weighted by molar-refractivity contribution is 5.65. The van der Waals surface area contributed by atoms with E-state index in [1.165, 1.54) is 4.90 Å². The second-order valence-corrected chi connectivity index (χ2v) is 4.72. The van der Waals surface area contributed by atoms with Crippen LogP contribution in [0.1, 0.15) is 25.7 Å². The van der Waals surface area contributed by atoms with Crippen LogP contribution in [0.2, 0.25) is 0 Å². The molecule has 0 bridgehead atoms. The van der Waals surface area contributed by atoms with Gasteiger partial charge in [0.25, 0.3) is 0 Å². The molecule has 92 valence electrons. The Morgan fingerprint density at radius 3 is 2.44 bits per heavy atom. The molecular formula is C11H20N2O3. The van der Waals surface area contributed by atoms with Gasteiger partial charge in [-0.25, -0.2) is 4.79 Å². The number of aliphatic hydroxyl groups is 1. The van der Waals surface area contributed by atoms with Crippen LogP contribution >= 0.6 is 0 Å². The molecular weight excluding hydrogens is 208 g/mol. The summed E-state index contributed by atoms with van der Waals surface area (Å²) in [5.74, 6) is 0. The highest BCUT2D eigenvalue weighted by atomic mass is 16.4. The maximum atomic E-state index is 10.8. The van der Waals surface area contributed by atoms with Gasteiger partial charge in [0.1, 0.15) is 0 Å². The largest absolute Gasteiger partial charge is 0.465 e. The van der Waals surface area contributed by atoms with Gasteiger partial charge >= 0.3 is 6.09 Å². The molecule has 2 N–H and O–H groups in total. The van der Waals surface area contributed by atoms with Crippen molar-refractivity contribution >= 4 is 6.09 Å². The maximum Gasteiger partial charge on any atom is 0.407 e. The number of carboxylic acid groups (broad SMARTS) is 1. The van der Waals surface area contributed by atoms with Crippen molar-refractivity contribution in [1.82, 2.24) is 9.80 Å². The van der Waals surface area contributed by atoms with Gasteiger partial charge < -0.3 is 15.1 Å². The molecule has 0 aromatic rings. The molecule has 2 rings (SSSR count). The first-order valence-electron chi connectivity index (χ1n) is 6.07. The summed E-state index contributed by atoms with van der Waals surface area (Å²) >= 11 is 0. The summed E-state index contributed by atoms with van der Waals surface area (Å²) in [5.41, 5.74) is 0. The molecule has 1 amide bonds. The standard InChI is InChI=1S/C11H20N2O3/c14-8-10-2-1-5-13(10)9-3-6-12(7-4-9)11(15)16/h9-10,14H,1-8H2,(H,15,16)/t10-/m0/s1. The number of hydrogen-bond acceptors (Lipinski definition) is 3. The Labute approximate surface area is 95.6 Å². The van der Waals surface area contributed by atoms with Gasteiger partial charge in [-0.3, -0.25) is 4.90 Å². The number of aliphatic hydroxyl groups excluding tert-OH is 1. The minimum absolute atomic E-state index is 0.235. The predicted octanol–water partition coefficient (Wildman–Crippen LogP) is 0.586. The molecule has 2 heterocycles. The Bertz CT molecular complexity index is 252. The van der Waals surface area contributed by atoms with E-state index in [2.05, 4.69) is 4.90 Å². The first kappa shape index (κ1) is 11.7. The van der Waals surface area contributed by atoms with Gasteiger partial charge in [0.2, 0.25) is 0 Å². The zero-order chi connectivity index (χ0) is 11.5. The fraction of sp³-hybridized carbons (Fsp3) is 0.909. The van der Waals surface area contributed by atoms with Gasteiger partial charge in [0, 0.05) is 25.2 Å². The number of nitrogens with zero attached hydrogens (tertiary/aromatic N) is 2. The summed E-state index contributed by atoms with van der Waals surface area (Å²) in [4.78, 5) is 14.6. The van der Waals surface area contributed by atoms with Crippen molar-refractivity contribution in [3.05, 3.63) is 0 Å². The summed E-state index contributed by atoms with van der Waals surface area (Å²) in [6, 6.07) is 0.775. The SMILES string of the molecule is O=C(O)N1CCC(N2CCC[C@H]2CO)CC1. The van der Waals surface area contributed by atoms with Crippen LogP contribution in [0.3, 0.4) is 0 Å². The van der Waals surface area contributed by atoms with Crippen LogP contribution in [-0.4, -0.2) is 64.4 Å². The second-order valence-electron chi connectivity index (χ2n) is 4.72. The molecule has 2 aliphatic heterocycles. The van der Waals surface area contributed by atoms with Crippen molar-refractivity contribution in [2.75, 3.05) is 26.2 Å². The number of rotatable bonds is 2. The van der Waals surface area contributed by atoms with Crippen LogP contribution in [-0.2, 0) is 0 Å². The van der Waals surface area contributed by atoms with E-state index in [9.17, 15) is 9.90 Å². The quantitative estimate of drug-likeness (QED) is 0.726. The third kappa shape index (κ3) is 2.30. The van der Waals surface area contributed by atoms with Gasteiger partial charge in [-0.15, -0.1) is 0 Å². The van der Waals surface area contributed by atoms with E-state index in [1.54, 1.807) is 0 Å². The Balaban J connectivity index is 1.86. The number of likely N-dealkylation sites (tertiary alicyclic amines) is 2. The van der Waals surface area contributed by atoms with Crippen LogP contribution in [0.4, 0.5) is 4.79 Å². The highest BCUT2D eigenvalue weighted by Gasteiger charge is 2.33. The summed E-state index contributed by atoms with van der Waals surface area (Å²) in [7, 11) is 0. The first-order chi connectivity index (χ1) is 7.72. The number of carbonyl (C=O) groups is 1. The van der Waals surface area contributed by atoms with Crippen LogP contribution in [0.15, 0.2) is 0 Å². The fourth-order valence-electron chi connectivity index (χ4n) is 2.92. The van der Waals surface area contributed by atoms with E-state index in [0.717, 1.165) is 32.2 Å². The zero-order valence-corrected chi connectivity index (χ0v) is 9.51. The maximum absolute atomic E-state index is 10.8. The molecule has 0 aromatic heterocycles. The number of piperidine rings is 1. The summed E-state index contributed by atoms with van der Waals surface area (Å²) < 4.78 is 0. The second kappa shape index (κ2) is 5.01. The number of amides is 1. The average Bonchev–Trinajstić information content (AvgIpc) is 2.77. The van der Waals surface area contributed by atoms with Crippen molar-refractivity contribution in [3.63, 3.8) is 0 Å². The lowest BCUT2D eigenvalue weighted by Gasteiger charge is -2.38. The average molecular weight is 228 g/mol. The Kier molecular flexibility index (Phi) is 3.66. The van der Waals surface area contributed by atoms with Crippen molar-refractivity contribution < 1.29 is 15.0 Å². The molecule has 0 aliphatic carbocycles. The van der Waals surface area contributed by atoms with Gasteiger partial charge in [0.05, 0.1) is 6.61 Å². The molecule has 2 saturated heterocycles. The van der Waals surface area contributed by atoms with Crippen molar-refractivity contribution in [3.8, 4) is 0 Å². The Hall–Kier alpha value is -0.810. The molecule has 1 atom stereocenters. The van der Waals surface area contributed by atoms with Crippen LogP contribution in [0.5, 0.6) is 0 Å². The zero-order valence-electron chi connectivity index (χ0n) is 9.51. The lowest BCUT2D eigenvalue weighted by Crippen LogP contribution is -2.48. The molecule has 5 nitrogen and oxygen atoms in total. The monoisotopic (exact) mass is 228 g/mol. The Morgan fingerprint density at radius 2 is 1.88 bits per heavy atom. The van der Waals surface area contributed by atoms with Crippen molar-refractivity contribution in [1.29, 1.82) is 0 Å². The lowest BCUT2D eigenvalue weighted by molar-refractivity contribution is 0.0700. The van der Waals surface area contributed by atoms with E-state index < -0.39 is 6.09 Å². The predicted molar refractivity (Wildman–Crippen MR) is 59.4 cm³/mol. The summed E-state index contributed by atoms with van der Waals surface area (Å²) in [6.45, 7) is 2.56. The molecule has 5 heteroatoms. The molecule has 0 aromatic carbocycles. The molecule has 0 radical (unpaired) electrons. The van der Waals surface area contributed by atoms with E-state index in [-0.39, 0.29) is 6.61 Å². The van der Waals surface area contributed by atoms with E-state index in [1.807, 2.05) is 0 Å². The van der Waals surface area contributed by atoms with Gasteiger partial charge in [-0.2, -0.15) is 0 Å². The van der Waals surface area contributed by atoms with Gasteiger partial charge in [0.15, 0.2) is 0 Å². The molecule has 0 saturated carbocycles. The normalized spacial score (nSPS) is 28.6. The number of hydrogen-bond donors (Lipinski definition) is 2. The highest BCUT2D eigenvalue weighted by Crippen LogP contribution is 2.25. The molecule has 0 unspecified atom stereocenters. The minimum atomic E-state index is -0.807. The van der Waals surface area contributed by atoms with Gasteiger partial charge in [-0.1, -0.05) is 0 Å². The van der Waals surface area contributed by atoms with Crippen molar-refractivity contribution in [2.24, 2.45) is 0 Å². The van der Waals surface area contributed by atoms with Crippen molar-refractivity contribution in [2.45, 2.75) is 37.8 Å². The third-order valence-corrected chi connectivity index (χ3v) is 3.84. The first-order valence-corrected chi connectivity index (χ1v) is 6.07. The fourth-order valence-corrected chi connectivity index (χ4v) is 2.92. The third-order valence-electron chi connectivity index (χ3n) is 3.84. The van der Waals surface area contributed by atoms with E-state index >= 15 is 0 Å². The smallest absolute Gasteiger partial charge is 0.407 e. The summed E-state index contributed by atoms with van der Waals surface area (Å²) in [5, 5.41) is 18.1. The van der Waals surface area contributed by atoms with E-state index in [4.69, 9.17) is 5.11 Å². The minimum Gasteiger partial charge on any atom is -0.465 e. The van der Waals surface area contributed by atoms with Crippen LogP contribution in [0.25, 0.3) is 0 Å². The molecule has 2 aliphatic rings. The summed E-state index contributed by atoms with van der Waals surface area (Å²) in [6.07, 6.45) is 3.24. The van der Waals surface area contributed by atoms with E-state index in [0.29, 0.717) is 25.2 Å². The Morgan fingerprint density at radius 1 is 1.19 bits per heavy atom.